The van der Waals surface area contributed by atoms with Crippen LogP contribution in [0.3, 0.4) is 0 Å². The number of benzene rings is 5. The van der Waals surface area contributed by atoms with Gasteiger partial charge in [-0.1, -0.05) is 60.7 Å². The fraction of sp³-hybridized carbons (Fsp3) is 0.0952. The van der Waals surface area contributed by atoms with Gasteiger partial charge in [0.1, 0.15) is 10.9 Å². The van der Waals surface area contributed by atoms with Crippen molar-refractivity contribution in [1.29, 1.82) is 0 Å². The number of aromatic nitrogens is 1. The van der Waals surface area contributed by atoms with Gasteiger partial charge in [0.05, 0.1) is 31.9 Å². The van der Waals surface area contributed by atoms with Crippen LogP contribution in [0, 0.1) is 10.1 Å². The minimum atomic E-state index is -0.682. The molecule has 1 aromatic heterocycles. The van der Waals surface area contributed by atoms with Crippen LogP contribution in [0.1, 0.15) is 26.7 Å². The van der Waals surface area contributed by atoms with E-state index in [1.54, 1.807) is 84.2 Å². The summed E-state index contributed by atoms with van der Waals surface area (Å²) in [6, 6.07) is 34.2. The second-order valence-corrected chi connectivity index (χ2v) is 14.1. The monoisotopic (exact) mass is 801 g/mol. The molecule has 3 amide bonds. The number of carbonyl (C=O) groups excluding carboxylic acids is 3. The standard InChI is InChI=1S/C42H35N5O8S2/c1-53-35-22-26(23-36(54-2)37(35)55-3)21-33(44-39(48)28-13-8-5-9-14-28)40(49)43-30-17-19-32(20-18-30)57-38(27-11-6-4-7-12-27)41(50)46-42-45-34(25-56-42)29-15-10-16-31(24-29)47(51)52/h4-25,38H,1-3H3,(H,43,49)(H,44,48)(H,45,46,50)/b33-21-. The van der Waals surface area contributed by atoms with Crippen molar-refractivity contribution < 1.29 is 33.5 Å². The van der Waals surface area contributed by atoms with Gasteiger partial charge in [-0.25, -0.2) is 4.98 Å². The average molecular weight is 802 g/mol. The summed E-state index contributed by atoms with van der Waals surface area (Å²) in [5.74, 6) is -0.298. The van der Waals surface area contributed by atoms with Crippen LogP contribution in [0.2, 0.25) is 0 Å². The Kier molecular flexibility index (Phi) is 12.9. The van der Waals surface area contributed by atoms with E-state index in [1.165, 1.54) is 62.6 Å². The van der Waals surface area contributed by atoms with E-state index in [2.05, 4.69) is 20.9 Å². The SMILES string of the molecule is COc1cc(/C=C(\NC(=O)c2ccccc2)C(=O)Nc2ccc(SC(C(=O)Nc3nc(-c4cccc([N+](=O)[O-])c4)cs3)c3ccccc3)cc2)cc(OC)c1OC. The van der Waals surface area contributed by atoms with Gasteiger partial charge in [0.2, 0.25) is 11.7 Å². The number of amides is 3. The maximum atomic E-state index is 13.8. The number of nitro benzene ring substituents is 1. The van der Waals surface area contributed by atoms with Crippen molar-refractivity contribution >= 4 is 63.4 Å². The number of nitrogens with one attached hydrogen (secondary N) is 3. The van der Waals surface area contributed by atoms with Crippen molar-refractivity contribution in [3.63, 3.8) is 0 Å². The number of nitrogens with zero attached hydrogens (tertiary/aromatic N) is 2. The Labute approximate surface area is 335 Å². The Hall–Kier alpha value is -6.97. The maximum absolute atomic E-state index is 13.8. The summed E-state index contributed by atoms with van der Waals surface area (Å²) >= 11 is 2.52. The molecule has 0 saturated carbocycles. The molecular weight excluding hydrogens is 767 g/mol. The van der Waals surface area contributed by atoms with Crippen LogP contribution in [0.25, 0.3) is 17.3 Å². The molecular formula is C42H35N5O8S2. The molecule has 3 N–H and O–H groups in total. The molecule has 0 bridgehead atoms. The van der Waals surface area contributed by atoms with E-state index in [9.17, 15) is 24.5 Å². The molecule has 5 aromatic carbocycles. The second kappa shape index (κ2) is 18.6. The van der Waals surface area contributed by atoms with Crippen molar-refractivity contribution in [2.24, 2.45) is 0 Å². The first-order valence-electron chi connectivity index (χ1n) is 17.2. The van der Waals surface area contributed by atoms with Crippen LogP contribution in [0.4, 0.5) is 16.5 Å². The Morgan fingerprint density at radius 3 is 2.11 bits per heavy atom. The lowest BCUT2D eigenvalue weighted by Crippen LogP contribution is -2.30. The Bertz CT molecular complexity index is 2400. The van der Waals surface area contributed by atoms with Gasteiger partial charge in [0.15, 0.2) is 16.6 Å². The molecule has 1 unspecified atom stereocenters. The second-order valence-electron chi connectivity index (χ2n) is 12.1. The molecule has 288 valence electrons. The molecule has 6 aromatic rings. The number of hydrogen-bond acceptors (Lipinski definition) is 11. The number of non-ortho nitro benzene ring substituents is 1. The molecule has 6 rings (SSSR count). The first-order valence-corrected chi connectivity index (χ1v) is 18.9. The molecule has 0 spiro atoms. The highest BCUT2D eigenvalue weighted by molar-refractivity contribution is 8.00. The molecule has 57 heavy (non-hydrogen) atoms. The van der Waals surface area contributed by atoms with Crippen molar-refractivity contribution in [1.82, 2.24) is 10.3 Å². The molecule has 0 fully saturated rings. The Morgan fingerprint density at radius 1 is 0.807 bits per heavy atom. The molecule has 15 heteroatoms. The summed E-state index contributed by atoms with van der Waals surface area (Å²) in [7, 11) is 4.44. The summed E-state index contributed by atoms with van der Waals surface area (Å²) in [4.78, 5) is 56.8. The van der Waals surface area contributed by atoms with Gasteiger partial charge in [0.25, 0.3) is 17.5 Å². The van der Waals surface area contributed by atoms with E-state index >= 15 is 0 Å². The van der Waals surface area contributed by atoms with Gasteiger partial charge in [0, 0.05) is 39.2 Å². The lowest BCUT2D eigenvalue weighted by Gasteiger charge is -2.17. The van der Waals surface area contributed by atoms with E-state index in [0.717, 1.165) is 10.5 Å². The smallest absolute Gasteiger partial charge is 0.272 e. The van der Waals surface area contributed by atoms with Crippen molar-refractivity contribution in [2.75, 3.05) is 32.0 Å². The molecule has 0 radical (unpaired) electrons. The van der Waals surface area contributed by atoms with Gasteiger partial charge in [-0.2, -0.15) is 0 Å². The number of thioether (sulfide) groups is 1. The summed E-state index contributed by atoms with van der Waals surface area (Å²) in [6.45, 7) is 0. The minimum absolute atomic E-state index is 0.0479. The fourth-order valence-electron chi connectivity index (χ4n) is 5.56. The molecule has 1 heterocycles. The van der Waals surface area contributed by atoms with E-state index < -0.39 is 22.0 Å². The predicted molar refractivity (Wildman–Crippen MR) is 221 cm³/mol. The predicted octanol–water partition coefficient (Wildman–Crippen LogP) is 8.63. The van der Waals surface area contributed by atoms with E-state index in [1.807, 2.05) is 30.3 Å². The highest BCUT2D eigenvalue weighted by atomic mass is 32.2. The zero-order valence-corrected chi connectivity index (χ0v) is 32.4. The fourth-order valence-corrected chi connectivity index (χ4v) is 7.31. The molecule has 0 saturated heterocycles. The molecule has 0 aliphatic rings. The number of nitro groups is 1. The molecule has 0 aliphatic heterocycles. The van der Waals surface area contributed by atoms with Crippen LogP contribution >= 0.6 is 23.1 Å². The summed E-state index contributed by atoms with van der Waals surface area (Å²) < 4.78 is 16.4. The van der Waals surface area contributed by atoms with Gasteiger partial charge < -0.3 is 30.2 Å². The largest absolute Gasteiger partial charge is 0.493 e. The Morgan fingerprint density at radius 2 is 1.47 bits per heavy atom. The van der Waals surface area contributed by atoms with E-state index in [0.29, 0.717) is 50.5 Å². The zero-order chi connectivity index (χ0) is 40.3. The number of ether oxygens (including phenoxy) is 3. The first kappa shape index (κ1) is 39.7. The molecule has 13 nitrogen and oxygen atoms in total. The summed E-state index contributed by atoms with van der Waals surface area (Å²) in [5, 5.41) is 21.1. The lowest BCUT2D eigenvalue weighted by molar-refractivity contribution is -0.384. The number of rotatable bonds is 15. The van der Waals surface area contributed by atoms with Crippen molar-refractivity contribution in [2.45, 2.75) is 10.1 Å². The van der Waals surface area contributed by atoms with Gasteiger partial charge in [-0.15, -0.1) is 23.1 Å². The lowest BCUT2D eigenvalue weighted by atomic mass is 10.1. The number of thiazole rings is 1. The third-order valence-electron chi connectivity index (χ3n) is 8.32. The van der Waals surface area contributed by atoms with Crippen molar-refractivity contribution in [3.05, 3.63) is 159 Å². The number of carbonyl (C=O) groups is 3. The Balaban J connectivity index is 1.20. The number of methoxy groups -OCH3 is 3. The maximum Gasteiger partial charge on any atom is 0.272 e. The summed E-state index contributed by atoms with van der Waals surface area (Å²) in [6.07, 6.45) is 1.50. The van der Waals surface area contributed by atoms with E-state index in [-0.39, 0.29) is 17.3 Å². The minimum Gasteiger partial charge on any atom is -0.493 e. The topological polar surface area (TPSA) is 171 Å². The van der Waals surface area contributed by atoms with Crippen LogP contribution in [-0.4, -0.2) is 49.0 Å². The summed E-state index contributed by atoms with van der Waals surface area (Å²) in [5.41, 5.74) is 3.00. The van der Waals surface area contributed by atoms with Crippen LogP contribution in [0.15, 0.2) is 137 Å². The van der Waals surface area contributed by atoms with Gasteiger partial charge >= 0.3 is 0 Å². The highest BCUT2D eigenvalue weighted by Gasteiger charge is 2.24. The van der Waals surface area contributed by atoms with Gasteiger partial charge in [-0.3, -0.25) is 24.5 Å². The normalized spacial score (nSPS) is 11.5. The van der Waals surface area contributed by atoms with Crippen LogP contribution in [0.5, 0.6) is 17.2 Å². The third-order valence-corrected chi connectivity index (χ3v) is 10.3. The zero-order valence-electron chi connectivity index (χ0n) is 30.8. The quantitative estimate of drug-likeness (QED) is 0.0395. The van der Waals surface area contributed by atoms with Crippen molar-refractivity contribution in [3.8, 4) is 28.5 Å². The first-order chi connectivity index (χ1) is 27.6. The van der Waals surface area contributed by atoms with E-state index in [4.69, 9.17) is 14.2 Å². The number of hydrogen-bond donors (Lipinski definition) is 3. The molecule has 1 atom stereocenters. The number of anilines is 2. The highest BCUT2D eigenvalue weighted by Crippen LogP contribution is 2.39. The average Bonchev–Trinajstić information content (AvgIpc) is 3.71. The van der Waals surface area contributed by atoms with Crippen LogP contribution in [-0.2, 0) is 9.59 Å². The van der Waals surface area contributed by atoms with Gasteiger partial charge in [-0.05, 0) is 65.7 Å². The van der Waals surface area contributed by atoms with Crippen LogP contribution < -0.4 is 30.2 Å². The third kappa shape index (κ3) is 10.0. The molecule has 0 aliphatic carbocycles.